The number of aliphatic hydroxyl groups is 1. The highest BCUT2D eigenvalue weighted by molar-refractivity contribution is 5.57. The summed E-state index contributed by atoms with van der Waals surface area (Å²) in [5.74, 6) is 0. The molecule has 1 unspecified atom stereocenters. The van der Waals surface area contributed by atoms with E-state index in [1.54, 1.807) is 6.92 Å². The number of rotatable bonds is 2. The van der Waals surface area contributed by atoms with Crippen LogP contribution in [0, 0.1) is 0 Å². The first-order chi connectivity index (χ1) is 6.65. The number of carbonyl (C=O) groups is 1. The van der Waals surface area contributed by atoms with E-state index >= 15 is 0 Å². The van der Waals surface area contributed by atoms with Crippen LogP contribution in [0.3, 0.4) is 0 Å². The number of hydrogen-bond donors (Lipinski definition) is 1. The van der Waals surface area contributed by atoms with Crippen LogP contribution < -0.4 is 0 Å². The zero-order valence-electron chi connectivity index (χ0n) is 9.10. The number of hydrogen-bond acceptors (Lipinski definition) is 4. The monoisotopic (exact) mass is 204 g/mol. The smallest absolute Gasteiger partial charge is 0.156 e. The minimum absolute atomic E-state index is 0.171. The maximum Gasteiger partial charge on any atom is 0.156 e. The minimum atomic E-state index is -0.811. The number of aldehydes is 1. The molecule has 0 aromatic rings. The second-order valence-electron chi connectivity index (χ2n) is 3.21. The molecule has 4 nitrogen and oxygen atoms in total. The Hall–Kier alpha value is -0.450. The predicted molar refractivity (Wildman–Crippen MR) is 52.9 cm³/mol. The highest BCUT2D eigenvalue weighted by atomic mass is 16.7. The van der Waals surface area contributed by atoms with E-state index in [-0.39, 0.29) is 6.61 Å². The Bertz CT molecular complexity index is 147. The van der Waals surface area contributed by atoms with Crippen LogP contribution in [0.1, 0.15) is 33.6 Å². The van der Waals surface area contributed by atoms with Crippen molar-refractivity contribution in [2.75, 3.05) is 6.61 Å². The predicted octanol–water partition coefficient (Wildman–Crippen LogP) is 1.11. The molecule has 1 fully saturated rings. The Labute approximate surface area is 85.2 Å². The maximum atomic E-state index is 10.2. The van der Waals surface area contributed by atoms with Crippen LogP contribution in [-0.4, -0.2) is 36.5 Å². The molecule has 3 atom stereocenters. The third kappa shape index (κ3) is 5.32. The lowest BCUT2D eigenvalue weighted by molar-refractivity contribution is -0.234. The Morgan fingerprint density at radius 3 is 2.36 bits per heavy atom. The molecule has 0 radical (unpaired) electrons. The van der Waals surface area contributed by atoms with E-state index in [9.17, 15) is 4.79 Å². The van der Waals surface area contributed by atoms with Gasteiger partial charge in [0.15, 0.2) is 12.6 Å². The lowest BCUT2D eigenvalue weighted by Gasteiger charge is -2.28. The van der Waals surface area contributed by atoms with Crippen LogP contribution in [0.15, 0.2) is 0 Å². The Balaban J connectivity index is 0.000000364. The van der Waals surface area contributed by atoms with Gasteiger partial charge in [-0.25, -0.2) is 0 Å². The standard InChI is InChI=1S/C6H10O4.C4H10/c1-4-9-3-5(8)6(2-7)10-4;1-3-4-2/h2,4-6,8H,3H2,1H3;3-4H2,1-2H3/t4?,5-,6+;/m1./s1. The number of ether oxygens (including phenoxy) is 2. The molecule has 1 aliphatic rings. The summed E-state index contributed by atoms with van der Waals surface area (Å²) in [4.78, 5) is 10.2. The molecule has 1 aliphatic heterocycles. The molecule has 84 valence electrons. The van der Waals surface area contributed by atoms with Gasteiger partial charge >= 0.3 is 0 Å². The summed E-state index contributed by atoms with van der Waals surface area (Å²) in [5.41, 5.74) is 0. The molecule has 0 bridgehead atoms. The van der Waals surface area contributed by atoms with E-state index in [0.29, 0.717) is 6.29 Å². The summed E-state index contributed by atoms with van der Waals surface area (Å²) in [6, 6.07) is 0. The minimum Gasteiger partial charge on any atom is -0.388 e. The summed E-state index contributed by atoms with van der Waals surface area (Å²) in [7, 11) is 0. The maximum absolute atomic E-state index is 10.2. The largest absolute Gasteiger partial charge is 0.388 e. The van der Waals surface area contributed by atoms with Crippen LogP contribution in [0.2, 0.25) is 0 Å². The summed E-state index contributed by atoms with van der Waals surface area (Å²) in [6.45, 7) is 6.22. The first-order valence-corrected chi connectivity index (χ1v) is 5.06. The highest BCUT2D eigenvalue weighted by Crippen LogP contribution is 2.10. The zero-order valence-corrected chi connectivity index (χ0v) is 9.10. The van der Waals surface area contributed by atoms with Gasteiger partial charge in [0.1, 0.15) is 12.2 Å². The Kier molecular flexibility index (Phi) is 7.65. The quantitative estimate of drug-likeness (QED) is 0.685. The molecule has 0 aromatic carbocycles. The van der Waals surface area contributed by atoms with E-state index in [4.69, 9.17) is 14.6 Å². The van der Waals surface area contributed by atoms with Crippen molar-refractivity contribution < 1.29 is 19.4 Å². The first-order valence-electron chi connectivity index (χ1n) is 5.06. The van der Waals surface area contributed by atoms with Crippen LogP contribution in [0.5, 0.6) is 0 Å². The molecule has 1 N–H and O–H groups in total. The van der Waals surface area contributed by atoms with Crippen molar-refractivity contribution >= 4 is 6.29 Å². The van der Waals surface area contributed by atoms with Gasteiger partial charge in [-0.05, 0) is 6.92 Å². The van der Waals surface area contributed by atoms with Crippen molar-refractivity contribution in [1.29, 1.82) is 0 Å². The molecule has 1 rings (SSSR count). The topological polar surface area (TPSA) is 55.8 Å². The Morgan fingerprint density at radius 2 is 2.00 bits per heavy atom. The van der Waals surface area contributed by atoms with Crippen molar-refractivity contribution in [1.82, 2.24) is 0 Å². The molecule has 0 amide bonds. The zero-order chi connectivity index (χ0) is 11.0. The van der Waals surface area contributed by atoms with E-state index in [1.807, 2.05) is 0 Å². The van der Waals surface area contributed by atoms with Crippen molar-refractivity contribution in [2.45, 2.75) is 52.1 Å². The summed E-state index contributed by atoms with van der Waals surface area (Å²) in [6.07, 6.45) is 1.31. The van der Waals surface area contributed by atoms with E-state index in [1.165, 1.54) is 12.8 Å². The second-order valence-corrected chi connectivity index (χ2v) is 3.21. The van der Waals surface area contributed by atoms with Gasteiger partial charge in [-0.15, -0.1) is 0 Å². The van der Waals surface area contributed by atoms with Crippen molar-refractivity contribution in [3.8, 4) is 0 Å². The SMILES string of the molecule is CC1OC[C@@H](O)[C@H](C=O)O1.CCCC. The van der Waals surface area contributed by atoms with Crippen LogP contribution in [-0.2, 0) is 14.3 Å². The number of aliphatic hydroxyl groups excluding tert-OH is 1. The van der Waals surface area contributed by atoms with Crippen molar-refractivity contribution in [3.63, 3.8) is 0 Å². The average Bonchev–Trinajstić information content (AvgIpc) is 2.22. The van der Waals surface area contributed by atoms with Gasteiger partial charge in [0, 0.05) is 0 Å². The molecule has 4 heteroatoms. The lowest BCUT2D eigenvalue weighted by Crippen LogP contribution is -2.43. The van der Waals surface area contributed by atoms with E-state index < -0.39 is 18.5 Å². The number of carbonyl (C=O) groups excluding carboxylic acids is 1. The third-order valence-electron chi connectivity index (χ3n) is 1.86. The van der Waals surface area contributed by atoms with Gasteiger partial charge in [0.05, 0.1) is 6.61 Å². The third-order valence-corrected chi connectivity index (χ3v) is 1.86. The van der Waals surface area contributed by atoms with E-state index in [0.717, 1.165) is 0 Å². The van der Waals surface area contributed by atoms with Crippen LogP contribution in [0.4, 0.5) is 0 Å². The fourth-order valence-electron chi connectivity index (χ4n) is 0.803. The molecule has 0 saturated carbocycles. The van der Waals surface area contributed by atoms with Crippen LogP contribution in [0.25, 0.3) is 0 Å². The number of unbranched alkanes of at least 4 members (excludes halogenated alkanes) is 1. The van der Waals surface area contributed by atoms with E-state index in [2.05, 4.69) is 13.8 Å². The second kappa shape index (κ2) is 7.91. The summed E-state index contributed by atoms with van der Waals surface area (Å²) >= 11 is 0. The molecule has 1 saturated heterocycles. The summed E-state index contributed by atoms with van der Waals surface area (Å²) < 4.78 is 9.80. The highest BCUT2D eigenvalue weighted by Gasteiger charge is 2.27. The molecule has 0 aromatic heterocycles. The van der Waals surface area contributed by atoms with Crippen molar-refractivity contribution in [3.05, 3.63) is 0 Å². The lowest BCUT2D eigenvalue weighted by atomic mass is 10.2. The molecule has 14 heavy (non-hydrogen) atoms. The van der Waals surface area contributed by atoms with Gasteiger partial charge in [-0.3, -0.25) is 0 Å². The Morgan fingerprint density at radius 1 is 1.43 bits per heavy atom. The van der Waals surface area contributed by atoms with Crippen LogP contribution >= 0.6 is 0 Å². The fourth-order valence-corrected chi connectivity index (χ4v) is 0.803. The molecule has 0 spiro atoms. The first kappa shape index (κ1) is 13.5. The van der Waals surface area contributed by atoms with Gasteiger partial charge in [0.25, 0.3) is 0 Å². The molecule has 1 heterocycles. The van der Waals surface area contributed by atoms with Gasteiger partial charge < -0.3 is 19.4 Å². The molecular formula is C10H20O4. The van der Waals surface area contributed by atoms with Gasteiger partial charge in [-0.1, -0.05) is 26.7 Å². The fraction of sp³-hybridized carbons (Fsp3) is 0.900. The van der Waals surface area contributed by atoms with Gasteiger partial charge in [0.2, 0.25) is 0 Å². The summed E-state index contributed by atoms with van der Waals surface area (Å²) in [5, 5.41) is 9.01. The molecule has 0 aliphatic carbocycles. The van der Waals surface area contributed by atoms with Crippen molar-refractivity contribution in [2.24, 2.45) is 0 Å². The normalized spacial score (nSPS) is 31.6. The van der Waals surface area contributed by atoms with Gasteiger partial charge in [-0.2, -0.15) is 0 Å². The molecular weight excluding hydrogens is 184 g/mol. The average molecular weight is 204 g/mol.